The van der Waals surface area contributed by atoms with Gasteiger partial charge in [-0.05, 0) is 36.7 Å². The normalized spacial score (nSPS) is 20.2. The van der Waals surface area contributed by atoms with Gasteiger partial charge in [0.1, 0.15) is 10.6 Å². The first-order valence-corrected chi connectivity index (χ1v) is 7.30. The Hall–Kier alpha value is -0.900. The standard InChI is InChI=1S/C13H20BrN5/c1-13(2,3)19-6-4-18(5-7-19)10(8-15)11-12(14)17-9-16-11/h9-10H,4-7H2,1-3H3,(H,16,17). The molecule has 104 valence electrons. The number of aromatic amines is 1. The summed E-state index contributed by atoms with van der Waals surface area (Å²) in [6.45, 7) is 10.5. The van der Waals surface area contributed by atoms with Crippen molar-refractivity contribution in [3.8, 4) is 6.07 Å². The molecule has 1 aromatic heterocycles. The van der Waals surface area contributed by atoms with Crippen LogP contribution in [0.25, 0.3) is 0 Å². The zero-order valence-electron chi connectivity index (χ0n) is 11.6. The Morgan fingerprint density at radius 3 is 2.42 bits per heavy atom. The number of hydrogen-bond acceptors (Lipinski definition) is 4. The number of hydrogen-bond donors (Lipinski definition) is 1. The van der Waals surface area contributed by atoms with E-state index in [1.807, 2.05) is 0 Å². The highest BCUT2D eigenvalue weighted by Crippen LogP contribution is 2.26. The second-order valence-corrected chi connectivity index (χ2v) is 6.58. The third-order valence-corrected chi connectivity index (χ3v) is 4.28. The number of imidazole rings is 1. The number of nitrogens with one attached hydrogen (secondary N) is 1. The highest BCUT2D eigenvalue weighted by Gasteiger charge is 2.31. The lowest BCUT2D eigenvalue weighted by molar-refractivity contribution is 0.0512. The molecule has 1 aliphatic rings. The minimum absolute atomic E-state index is 0.197. The molecule has 1 fully saturated rings. The average Bonchev–Trinajstić information content (AvgIpc) is 2.76. The maximum absolute atomic E-state index is 9.43. The van der Waals surface area contributed by atoms with Crippen molar-refractivity contribution in [1.29, 1.82) is 5.26 Å². The molecule has 0 aliphatic carbocycles. The van der Waals surface area contributed by atoms with Gasteiger partial charge in [0.15, 0.2) is 0 Å². The van der Waals surface area contributed by atoms with Gasteiger partial charge in [0.05, 0.1) is 18.1 Å². The molecule has 6 heteroatoms. The monoisotopic (exact) mass is 325 g/mol. The van der Waals surface area contributed by atoms with Crippen molar-refractivity contribution < 1.29 is 0 Å². The Labute approximate surface area is 122 Å². The van der Waals surface area contributed by atoms with Gasteiger partial charge in [-0.3, -0.25) is 9.80 Å². The molecule has 1 saturated heterocycles. The quantitative estimate of drug-likeness (QED) is 0.905. The molecule has 5 nitrogen and oxygen atoms in total. The molecule has 1 aromatic rings. The van der Waals surface area contributed by atoms with E-state index in [4.69, 9.17) is 0 Å². The molecule has 2 rings (SSSR count). The van der Waals surface area contributed by atoms with Crippen LogP contribution in [0.4, 0.5) is 0 Å². The number of halogens is 1. The van der Waals surface area contributed by atoms with E-state index in [2.05, 4.69) is 62.5 Å². The number of H-pyrrole nitrogens is 1. The third-order valence-electron chi connectivity index (χ3n) is 3.64. The number of piperazine rings is 1. The van der Waals surface area contributed by atoms with Crippen LogP contribution in [0.2, 0.25) is 0 Å². The van der Waals surface area contributed by atoms with Gasteiger partial charge in [-0.2, -0.15) is 5.26 Å². The van der Waals surface area contributed by atoms with E-state index in [0.29, 0.717) is 0 Å². The van der Waals surface area contributed by atoms with Gasteiger partial charge in [0.2, 0.25) is 0 Å². The summed E-state index contributed by atoms with van der Waals surface area (Å²) in [5.41, 5.74) is 1.05. The Morgan fingerprint density at radius 1 is 1.37 bits per heavy atom. The van der Waals surface area contributed by atoms with Crippen molar-refractivity contribution in [2.45, 2.75) is 32.4 Å². The van der Waals surface area contributed by atoms with Crippen molar-refractivity contribution in [3.63, 3.8) is 0 Å². The Balaban J connectivity index is 2.05. The topological polar surface area (TPSA) is 59.0 Å². The van der Waals surface area contributed by atoms with E-state index in [1.54, 1.807) is 6.33 Å². The molecular weight excluding hydrogens is 306 g/mol. The van der Waals surface area contributed by atoms with Crippen molar-refractivity contribution in [2.24, 2.45) is 0 Å². The highest BCUT2D eigenvalue weighted by molar-refractivity contribution is 9.10. The maximum Gasteiger partial charge on any atom is 0.141 e. The van der Waals surface area contributed by atoms with Crippen molar-refractivity contribution in [3.05, 3.63) is 16.6 Å². The maximum atomic E-state index is 9.43. The SMILES string of the molecule is CC(C)(C)N1CCN(C(C#N)c2[nH]cnc2Br)CC1. The Kier molecular flexibility index (Phi) is 4.29. The van der Waals surface area contributed by atoms with Crippen LogP contribution in [0.3, 0.4) is 0 Å². The van der Waals surface area contributed by atoms with Crippen LogP contribution >= 0.6 is 15.9 Å². The zero-order chi connectivity index (χ0) is 14.0. The summed E-state index contributed by atoms with van der Waals surface area (Å²) in [5, 5.41) is 9.43. The van der Waals surface area contributed by atoms with E-state index < -0.39 is 0 Å². The zero-order valence-corrected chi connectivity index (χ0v) is 13.2. The summed E-state index contributed by atoms with van der Waals surface area (Å²) >= 11 is 3.39. The first-order chi connectivity index (χ1) is 8.93. The molecule has 1 N–H and O–H groups in total. The van der Waals surface area contributed by atoms with Crippen LogP contribution in [0.1, 0.15) is 32.5 Å². The van der Waals surface area contributed by atoms with E-state index in [0.717, 1.165) is 36.5 Å². The number of aromatic nitrogens is 2. The van der Waals surface area contributed by atoms with Crippen molar-refractivity contribution in [1.82, 2.24) is 19.8 Å². The number of rotatable bonds is 2. The van der Waals surface area contributed by atoms with Gasteiger partial charge in [0.25, 0.3) is 0 Å². The molecule has 1 unspecified atom stereocenters. The first-order valence-electron chi connectivity index (χ1n) is 6.51. The van der Waals surface area contributed by atoms with Crippen LogP contribution in [0.15, 0.2) is 10.9 Å². The largest absolute Gasteiger partial charge is 0.345 e. The van der Waals surface area contributed by atoms with E-state index in [1.165, 1.54) is 0 Å². The highest BCUT2D eigenvalue weighted by atomic mass is 79.9. The van der Waals surface area contributed by atoms with Crippen LogP contribution < -0.4 is 0 Å². The van der Waals surface area contributed by atoms with Crippen LogP contribution in [-0.4, -0.2) is 51.5 Å². The Bertz CT molecular complexity index is 462. The number of nitriles is 1. The van der Waals surface area contributed by atoms with Crippen LogP contribution in [0.5, 0.6) is 0 Å². The summed E-state index contributed by atoms with van der Waals surface area (Å²) in [4.78, 5) is 11.8. The molecule has 0 radical (unpaired) electrons. The van der Waals surface area contributed by atoms with Crippen LogP contribution in [-0.2, 0) is 0 Å². The molecular formula is C13H20BrN5. The fourth-order valence-electron chi connectivity index (χ4n) is 2.46. The molecule has 1 aliphatic heterocycles. The number of nitrogens with zero attached hydrogens (tertiary/aromatic N) is 4. The molecule has 0 saturated carbocycles. The summed E-state index contributed by atoms with van der Waals surface area (Å²) < 4.78 is 0.734. The van der Waals surface area contributed by atoms with Gasteiger partial charge in [-0.25, -0.2) is 4.98 Å². The third kappa shape index (κ3) is 3.16. The molecule has 2 heterocycles. The smallest absolute Gasteiger partial charge is 0.141 e. The molecule has 19 heavy (non-hydrogen) atoms. The molecule has 0 aromatic carbocycles. The minimum atomic E-state index is -0.251. The lowest BCUT2D eigenvalue weighted by Crippen LogP contribution is -2.53. The Morgan fingerprint density at radius 2 is 2.00 bits per heavy atom. The van der Waals surface area contributed by atoms with Crippen LogP contribution in [0, 0.1) is 11.3 Å². The summed E-state index contributed by atoms with van der Waals surface area (Å²) in [6.07, 6.45) is 1.62. The van der Waals surface area contributed by atoms with Crippen molar-refractivity contribution >= 4 is 15.9 Å². The minimum Gasteiger partial charge on any atom is -0.345 e. The lowest BCUT2D eigenvalue weighted by atomic mass is 10.0. The lowest BCUT2D eigenvalue weighted by Gasteiger charge is -2.43. The molecule has 0 amide bonds. The summed E-state index contributed by atoms with van der Waals surface area (Å²) in [6, 6.07) is 2.12. The fraction of sp³-hybridized carbons (Fsp3) is 0.692. The van der Waals surface area contributed by atoms with E-state index in [9.17, 15) is 5.26 Å². The predicted octanol–water partition coefficient (Wildman–Crippen LogP) is 2.15. The van der Waals surface area contributed by atoms with Gasteiger partial charge in [-0.15, -0.1) is 0 Å². The van der Waals surface area contributed by atoms with Gasteiger partial charge in [0, 0.05) is 31.7 Å². The van der Waals surface area contributed by atoms with Gasteiger partial charge >= 0.3 is 0 Å². The average molecular weight is 326 g/mol. The fourth-order valence-corrected chi connectivity index (χ4v) is 2.89. The summed E-state index contributed by atoms with van der Waals surface area (Å²) in [5.74, 6) is 0. The van der Waals surface area contributed by atoms with E-state index >= 15 is 0 Å². The second-order valence-electron chi connectivity index (χ2n) is 5.83. The summed E-state index contributed by atoms with van der Waals surface area (Å²) in [7, 11) is 0. The second kappa shape index (κ2) is 5.61. The first kappa shape index (κ1) is 14.5. The van der Waals surface area contributed by atoms with Gasteiger partial charge < -0.3 is 4.98 Å². The van der Waals surface area contributed by atoms with Gasteiger partial charge in [-0.1, -0.05) is 0 Å². The predicted molar refractivity (Wildman–Crippen MR) is 77.5 cm³/mol. The molecule has 1 atom stereocenters. The molecule has 0 bridgehead atoms. The molecule has 0 spiro atoms. The van der Waals surface area contributed by atoms with Crippen molar-refractivity contribution in [2.75, 3.05) is 26.2 Å². The van der Waals surface area contributed by atoms with E-state index in [-0.39, 0.29) is 11.6 Å².